The number of hydrogen-bond acceptors (Lipinski definition) is 2. The van der Waals surface area contributed by atoms with Crippen molar-refractivity contribution >= 4 is 33.4 Å². The Morgan fingerprint density at radius 2 is 1.91 bits per heavy atom. The number of H-pyrrole nitrogens is 1. The molecule has 0 saturated heterocycles. The van der Waals surface area contributed by atoms with Gasteiger partial charge in [0.2, 0.25) is 0 Å². The van der Waals surface area contributed by atoms with Crippen LogP contribution in [-0.4, -0.2) is 17.1 Å². The maximum Gasteiger partial charge on any atom is 0.119 e. The second-order valence-electron chi connectivity index (χ2n) is 5.12. The third-order valence-corrected chi connectivity index (χ3v) is 4.05. The van der Waals surface area contributed by atoms with Gasteiger partial charge < -0.3 is 9.72 Å². The van der Waals surface area contributed by atoms with Crippen LogP contribution in [0.1, 0.15) is 0 Å². The third kappa shape index (κ3) is 2.02. The summed E-state index contributed by atoms with van der Waals surface area (Å²) in [5, 5.41) is 2.80. The molecule has 22 heavy (non-hydrogen) atoms. The van der Waals surface area contributed by atoms with Gasteiger partial charge in [0, 0.05) is 33.2 Å². The van der Waals surface area contributed by atoms with E-state index in [0.29, 0.717) is 5.02 Å². The lowest BCUT2D eigenvalue weighted by Gasteiger charge is -2.11. The van der Waals surface area contributed by atoms with Crippen LogP contribution in [0.3, 0.4) is 0 Å². The van der Waals surface area contributed by atoms with Gasteiger partial charge in [-0.1, -0.05) is 17.7 Å². The number of fused-ring (bicyclic) bond motifs is 2. The highest BCUT2D eigenvalue weighted by Gasteiger charge is 2.13. The maximum atomic E-state index is 6.13. The molecule has 0 bridgehead atoms. The minimum Gasteiger partial charge on any atom is -0.497 e. The highest BCUT2D eigenvalue weighted by Crippen LogP contribution is 2.36. The van der Waals surface area contributed by atoms with Gasteiger partial charge >= 0.3 is 0 Å². The van der Waals surface area contributed by atoms with E-state index in [9.17, 15) is 0 Å². The number of aromatic nitrogens is 2. The van der Waals surface area contributed by atoms with Crippen molar-refractivity contribution in [2.75, 3.05) is 7.11 Å². The van der Waals surface area contributed by atoms with Gasteiger partial charge in [-0.2, -0.15) is 0 Å². The molecular formula is C18H13ClN2O. The molecule has 108 valence electrons. The van der Waals surface area contributed by atoms with Gasteiger partial charge in [-0.3, -0.25) is 0 Å². The van der Waals surface area contributed by atoms with Gasteiger partial charge in [0.25, 0.3) is 0 Å². The lowest BCUT2D eigenvalue weighted by atomic mass is 10.00. The highest BCUT2D eigenvalue weighted by atomic mass is 35.5. The zero-order chi connectivity index (χ0) is 15.1. The average molecular weight is 309 g/mol. The fraction of sp³-hybridized carbons (Fsp3) is 0.0556. The van der Waals surface area contributed by atoms with Crippen molar-refractivity contribution in [3.05, 3.63) is 59.8 Å². The molecule has 4 aromatic rings. The van der Waals surface area contributed by atoms with Crippen LogP contribution in [0.15, 0.2) is 54.7 Å². The summed E-state index contributed by atoms with van der Waals surface area (Å²) in [7, 11) is 1.67. The smallest absolute Gasteiger partial charge is 0.119 e. The lowest BCUT2D eigenvalue weighted by Crippen LogP contribution is -1.91. The quantitative estimate of drug-likeness (QED) is 0.526. The van der Waals surface area contributed by atoms with Crippen LogP contribution in [0.2, 0.25) is 5.02 Å². The van der Waals surface area contributed by atoms with E-state index in [1.807, 2.05) is 48.7 Å². The largest absolute Gasteiger partial charge is 0.497 e. The van der Waals surface area contributed by atoms with Crippen LogP contribution < -0.4 is 4.74 Å². The monoisotopic (exact) mass is 308 g/mol. The van der Waals surface area contributed by atoms with Crippen molar-refractivity contribution in [3.63, 3.8) is 0 Å². The van der Waals surface area contributed by atoms with Crippen molar-refractivity contribution in [3.8, 4) is 17.0 Å². The molecule has 0 aliphatic carbocycles. The number of aromatic amines is 1. The molecule has 2 aromatic carbocycles. The number of pyridine rings is 1. The molecule has 0 radical (unpaired) electrons. The summed E-state index contributed by atoms with van der Waals surface area (Å²) in [5.74, 6) is 0.815. The van der Waals surface area contributed by atoms with Crippen molar-refractivity contribution in [2.45, 2.75) is 0 Å². The van der Waals surface area contributed by atoms with Crippen molar-refractivity contribution in [1.82, 2.24) is 9.97 Å². The minimum atomic E-state index is 0.685. The second kappa shape index (κ2) is 5.04. The standard InChI is InChI=1S/C18H13ClN2O/c1-22-12-5-7-15-14(10-12)18(16-3-2-8-20-16)13-6-4-11(19)9-17(13)21-15/h2-10,20H,1H3. The Labute approximate surface area is 132 Å². The third-order valence-electron chi connectivity index (χ3n) is 3.81. The van der Waals surface area contributed by atoms with E-state index in [0.717, 1.165) is 38.8 Å². The topological polar surface area (TPSA) is 37.9 Å². The predicted molar refractivity (Wildman–Crippen MR) is 90.6 cm³/mol. The van der Waals surface area contributed by atoms with Crippen LogP contribution in [0.4, 0.5) is 0 Å². The van der Waals surface area contributed by atoms with Crippen LogP contribution in [0.25, 0.3) is 33.1 Å². The summed E-state index contributed by atoms with van der Waals surface area (Å²) < 4.78 is 5.37. The number of nitrogens with zero attached hydrogens (tertiary/aromatic N) is 1. The zero-order valence-corrected chi connectivity index (χ0v) is 12.7. The van der Waals surface area contributed by atoms with Crippen LogP contribution >= 0.6 is 11.6 Å². The number of hydrogen-bond donors (Lipinski definition) is 1. The SMILES string of the molecule is COc1ccc2nc3cc(Cl)ccc3c(-c3ccc[nH]3)c2c1. The molecule has 4 heteroatoms. The Morgan fingerprint density at radius 1 is 1.00 bits per heavy atom. The molecule has 1 N–H and O–H groups in total. The predicted octanol–water partition coefficient (Wildman–Crippen LogP) is 5.05. The molecule has 0 aliphatic rings. The number of ether oxygens (including phenoxy) is 1. The average Bonchev–Trinajstić information content (AvgIpc) is 3.06. The Morgan fingerprint density at radius 3 is 2.68 bits per heavy atom. The van der Waals surface area contributed by atoms with Crippen molar-refractivity contribution in [2.24, 2.45) is 0 Å². The van der Waals surface area contributed by atoms with Crippen LogP contribution in [0.5, 0.6) is 5.75 Å². The highest BCUT2D eigenvalue weighted by molar-refractivity contribution is 6.31. The molecule has 0 amide bonds. The molecule has 2 heterocycles. The fourth-order valence-corrected chi connectivity index (χ4v) is 2.97. The van der Waals surface area contributed by atoms with E-state index >= 15 is 0 Å². The summed E-state index contributed by atoms with van der Waals surface area (Å²) in [6.07, 6.45) is 1.92. The van der Waals surface area contributed by atoms with Gasteiger partial charge in [0.1, 0.15) is 5.75 Å². The summed E-state index contributed by atoms with van der Waals surface area (Å²) in [5.41, 5.74) is 3.96. The van der Waals surface area contributed by atoms with Crippen LogP contribution in [0, 0.1) is 0 Å². The maximum absolute atomic E-state index is 6.13. The summed E-state index contributed by atoms with van der Waals surface area (Å²) in [6.45, 7) is 0. The number of methoxy groups -OCH3 is 1. The van der Waals surface area contributed by atoms with Gasteiger partial charge in [-0.05, 0) is 42.5 Å². The first-order valence-corrected chi connectivity index (χ1v) is 7.35. The first kappa shape index (κ1) is 13.2. The van der Waals surface area contributed by atoms with E-state index in [1.54, 1.807) is 7.11 Å². The van der Waals surface area contributed by atoms with Crippen molar-refractivity contribution in [1.29, 1.82) is 0 Å². The van der Waals surface area contributed by atoms with E-state index in [-0.39, 0.29) is 0 Å². The van der Waals surface area contributed by atoms with E-state index in [2.05, 4.69) is 11.1 Å². The first-order chi connectivity index (χ1) is 10.8. The molecule has 0 aliphatic heterocycles. The lowest BCUT2D eigenvalue weighted by molar-refractivity contribution is 0.415. The summed E-state index contributed by atoms with van der Waals surface area (Å²) in [4.78, 5) is 8.02. The first-order valence-electron chi connectivity index (χ1n) is 6.97. The summed E-state index contributed by atoms with van der Waals surface area (Å²) in [6, 6.07) is 15.8. The second-order valence-corrected chi connectivity index (χ2v) is 5.55. The zero-order valence-electron chi connectivity index (χ0n) is 11.9. The molecular weight excluding hydrogens is 296 g/mol. The normalized spacial score (nSPS) is 11.2. The molecule has 0 spiro atoms. The van der Waals surface area contributed by atoms with Gasteiger partial charge in [0.15, 0.2) is 0 Å². The minimum absolute atomic E-state index is 0.685. The molecule has 2 aromatic heterocycles. The Kier molecular flexibility index (Phi) is 3.01. The van der Waals surface area contributed by atoms with Crippen molar-refractivity contribution < 1.29 is 4.74 Å². The van der Waals surface area contributed by atoms with E-state index in [4.69, 9.17) is 21.3 Å². The number of halogens is 1. The Bertz CT molecular complexity index is 977. The molecule has 0 fully saturated rings. The Hall–Kier alpha value is -2.52. The van der Waals surface area contributed by atoms with Gasteiger partial charge in [0.05, 0.1) is 18.1 Å². The number of nitrogens with one attached hydrogen (secondary N) is 1. The van der Waals surface area contributed by atoms with Crippen LogP contribution in [-0.2, 0) is 0 Å². The molecule has 0 saturated carbocycles. The number of benzene rings is 2. The molecule has 3 nitrogen and oxygen atoms in total. The fourth-order valence-electron chi connectivity index (χ4n) is 2.80. The molecule has 0 atom stereocenters. The Balaban J connectivity index is 2.20. The van der Waals surface area contributed by atoms with E-state index < -0.39 is 0 Å². The van der Waals surface area contributed by atoms with E-state index in [1.165, 1.54) is 0 Å². The van der Waals surface area contributed by atoms with Gasteiger partial charge in [-0.15, -0.1) is 0 Å². The van der Waals surface area contributed by atoms with Gasteiger partial charge in [-0.25, -0.2) is 4.98 Å². The summed E-state index contributed by atoms with van der Waals surface area (Å²) >= 11 is 6.13. The molecule has 4 rings (SSSR count). The molecule has 0 unspecified atom stereocenters. The number of rotatable bonds is 2.